The van der Waals surface area contributed by atoms with Crippen molar-refractivity contribution in [1.29, 1.82) is 0 Å². The second kappa shape index (κ2) is 12.1. The number of ether oxygens (including phenoxy) is 2. The molecule has 2 aliphatic rings. The topological polar surface area (TPSA) is 59.0 Å². The van der Waals surface area contributed by atoms with Crippen LogP contribution in [0.15, 0.2) is 59.3 Å². The molecule has 34 heavy (non-hydrogen) atoms. The van der Waals surface area contributed by atoms with Gasteiger partial charge in [0.05, 0.1) is 13.2 Å². The summed E-state index contributed by atoms with van der Waals surface area (Å²) in [4.78, 5) is 13.1. The first-order chi connectivity index (χ1) is 16.2. The number of hydrogen-bond donors (Lipinski definition) is 1. The molecule has 1 aliphatic heterocycles. The quantitative estimate of drug-likeness (QED) is 0.431. The van der Waals surface area contributed by atoms with E-state index in [9.17, 15) is 18.0 Å². The Morgan fingerprint density at radius 1 is 1.18 bits per heavy atom. The summed E-state index contributed by atoms with van der Waals surface area (Å²) < 4.78 is 46.7. The zero-order valence-corrected chi connectivity index (χ0v) is 19.4. The molecular formula is C26H32F3NO4. The van der Waals surface area contributed by atoms with Gasteiger partial charge < -0.3 is 19.5 Å². The smallest absolute Gasteiger partial charge is 0.481 e. The summed E-state index contributed by atoms with van der Waals surface area (Å²) in [5.41, 5.74) is 4.31. The summed E-state index contributed by atoms with van der Waals surface area (Å²) in [6, 6.07) is 5.70. The molecule has 186 valence electrons. The summed E-state index contributed by atoms with van der Waals surface area (Å²) >= 11 is 0. The Hall–Kier alpha value is -2.74. The molecule has 1 saturated heterocycles. The van der Waals surface area contributed by atoms with Crippen molar-refractivity contribution in [2.45, 2.75) is 58.4 Å². The minimum absolute atomic E-state index is 0.223. The maximum absolute atomic E-state index is 12.3. The van der Waals surface area contributed by atoms with E-state index >= 15 is 0 Å². The van der Waals surface area contributed by atoms with Gasteiger partial charge in [-0.2, -0.15) is 0 Å². The minimum atomic E-state index is -4.70. The van der Waals surface area contributed by atoms with Crippen LogP contribution in [0.4, 0.5) is 13.2 Å². The van der Waals surface area contributed by atoms with Crippen molar-refractivity contribution < 1.29 is 32.5 Å². The second-order valence-corrected chi connectivity index (χ2v) is 8.95. The monoisotopic (exact) mass is 479 g/mol. The van der Waals surface area contributed by atoms with E-state index in [1.165, 1.54) is 17.7 Å². The van der Waals surface area contributed by atoms with Crippen LogP contribution < -0.4 is 4.74 Å². The largest absolute Gasteiger partial charge is 0.573 e. The maximum atomic E-state index is 12.3. The van der Waals surface area contributed by atoms with E-state index in [4.69, 9.17) is 9.84 Å². The van der Waals surface area contributed by atoms with E-state index in [1.54, 1.807) is 12.1 Å². The van der Waals surface area contributed by atoms with Crippen molar-refractivity contribution in [2.24, 2.45) is 5.92 Å². The Morgan fingerprint density at radius 3 is 2.65 bits per heavy atom. The number of carbonyl (C=O) groups is 1. The van der Waals surface area contributed by atoms with Crippen molar-refractivity contribution in [3.8, 4) is 5.75 Å². The molecule has 1 unspecified atom stereocenters. The highest BCUT2D eigenvalue weighted by Crippen LogP contribution is 2.28. The number of likely N-dealkylation sites (tertiary alicyclic amines) is 1. The first-order valence-electron chi connectivity index (χ1n) is 11.6. The Bertz CT molecular complexity index is 919. The fourth-order valence-corrected chi connectivity index (χ4v) is 4.30. The average Bonchev–Trinajstić information content (AvgIpc) is 3.20. The van der Waals surface area contributed by atoms with E-state index in [-0.39, 0.29) is 18.8 Å². The van der Waals surface area contributed by atoms with Gasteiger partial charge >= 0.3 is 12.3 Å². The molecule has 0 radical (unpaired) electrons. The van der Waals surface area contributed by atoms with E-state index in [0.717, 1.165) is 55.6 Å². The molecule has 1 atom stereocenters. The van der Waals surface area contributed by atoms with Crippen molar-refractivity contribution in [3.05, 3.63) is 64.9 Å². The van der Waals surface area contributed by atoms with Crippen molar-refractivity contribution >= 4 is 5.97 Å². The van der Waals surface area contributed by atoms with Crippen LogP contribution in [0.1, 0.15) is 51.0 Å². The van der Waals surface area contributed by atoms with E-state index < -0.39 is 12.3 Å². The van der Waals surface area contributed by atoms with Crippen LogP contribution >= 0.6 is 0 Å². The van der Waals surface area contributed by atoms with Crippen LogP contribution in [0, 0.1) is 5.92 Å². The lowest BCUT2D eigenvalue weighted by Crippen LogP contribution is -2.20. The lowest BCUT2D eigenvalue weighted by molar-refractivity contribution is -0.274. The average molecular weight is 480 g/mol. The van der Waals surface area contributed by atoms with Gasteiger partial charge in [0, 0.05) is 25.2 Å². The van der Waals surface area contributed by atoms with Crippen LogP contribution in [0.3, 0.4) is 0 Å². The number of allylic oxidation sites excluding steroid dienone is 3. The molecule has 1 heterocycles. The van der Waals surface area contributed by atoms with Gasteiger partial charge in [-0.15, -0.1) is 13.2 Å². The van der Waals surface area contributed by atoms with Gasteiger partial charge in [-0.25, -0.2) is 0 Å². The minimum Gasteiger partial charge on any atom is -0.481 e. The van der Waals surface area contributed by atoms with Gasteiger partial charge in [-0.3, -0.25) is 4.79 Å². The molecule has 8 heteroatoms. The van der Waals surface area contributed by atoms with Crippen LogP contribution in [0.25, 0.3) is 0 Å². The van der Waals surface area contributed by atoms with Gasteiger partial charge in [0.1, 0.15) is 5.75 Å². The summed E-state index contributed by atoms with van der Waals surface area (Å²) in [7, 11) is 0. The molecule has 1 aromatic rings. The second-order valence-electron chi connectivity index (χ2n) is 8.95. The molecule has 1 aliphatic carbocycles. The van der Waals surface area contributed by atoms with Gasteiger partial charge in [0.15, 0.2) is 0 Å². The van der Waals surface area contributed by atoms with Gasteiger partial charge in [-0.05, 0) is 80.4 Å². The first kappa shape index (κ1) is 25.9. The molecule has 0 spiro atoms. The van der Waals surface area contributed by atoms with Crippen LogP contribution in [-0.2, 0) is 16.1 Å². The molecule has 5 nitrogen and oxygen atoms in total. The number of carboxylic acids is 1. The Labute approximate surface area is 198 Å². The summed E-state index contributed by atoms with van der Waals surface area (Å²) in [6.07, 6.45) is 6.68. The van der Waals surface area contributed by atoms with Crippen LogP contribution in [0.2, 0.25) is 0 Å². The highest BCUT2D eigenvalue weighted by atomic mass is 19.4. The van der Waals surface area contributed by atoms with Crippen molar-refractivity contribution in [3.63, 3.8) is 0 Å². The van der Waals surface area contributed by atoms with Crippen LogP contribution in [0.5, 0.6) is 5.75 Å². The number of hydrogen-bond acceptors (Lipinski definition) is 4. The fraction of sp³-hybridized carbons (Fsp3) is 0.500. The predicted octanol–water partition coefficient (Wildman–Crippen LogP) is 6.23. The molecule has 0 amide bonds. The number of alkyl halides is 3. The Morgan fingerprint density at radius 2 is 1.94 bits per heavy atom. The summed E-state index contributed by atoms with van der Waals surface area (Å²) in [5.74, 6) is -0.482. The maximum Gasteiger partial charge on any atom is 0.573 e. The van der Waals surface area contributed by atoms with Gasteiger partial charge in [0.2, 0.25) is 0 Å². The summed E-state index contributed by atoms with van der Waals surface area (Å²) in [6.45, 7) is 4.71. The Kier molecular flexibility index (Phi) is 9.21. The fourth-order valence-electron chi connectivity index (χ4n) is 4.30. The van der Waals surface area contributed by atoms with Crippen molar-refractivity contribution in [1.82, 2.24) is 4.90 Å². The lowest BCUT2D eigenvalue weighted by atomic mass is 10.0. The molecule has 0 bridgehead atoms. The molecule has 1 N–H and O–H groups in total. The number of halogens is 3. The van der Waals surface area contributed by atoms with E-state index in [1.807, 2.05) is 0 Å². The normalized spacial score (nSPS) is 23.7. The number of nitrogens with zero attached hydrogens (tertiary/aromatic N) is 1. The molecule has 1 aromatic carbocycles. The lowest BCUT2D eigenvalue weighted by Gasteiger charge is -2.23. The van der Waals surface area contributed by atoms with Crippen LogP contribution in [-0.4, -0.2) is 42.0 Å². The van der Waals surface area contributed by atoms with Crippen molar-refractivity contribution in [2.75, 3.05) is 19.7 Å². The molecule has 0 aromatic heterocycles. The van der Waals surface area contributed by atoms with E-state index in [0.29, 0.717) is 18.9 Å². The third-order valence-electron chi connectivity index (χ3n) is 6.02. The van der Waals surface area contributed by atoms with Gasteiger partial charge in [0.25, 0.3) is 0 Å². The third kappa shape index (κ3) is 8.89. The number of carboxylic acid groups (broad SMARTS) is 1. The van der Waals surface area contributed by atoms with E-state index in [2.05, 4.69) is 34.8 Å². The van der Waals surface area contributed by atoms with Gasteiger partial charge in [-0.1, -0.05) is 23.8 Å². The number of aliphatic carboxylic acids is 1. The third-order valence-corrected chi connectivity index (χ3v) is 6.02. The molecular weight excluding hydrogens is 447 g/mol. The highest BCUT2D eigenvalue weighted by molar-refractivity contribution is 5.66. The molecule has 3 rings (SSSR count). The standard InChI is InChI=1S/C26H32F3NO4/c1-19-4-2-6-22(18-33-17-21-8-10-24(11-9-21)34-26(27,28)29)15-23(14-19)30-13-12-20(16-30)5-3-7-25(31)32/h6,8-11,14-15,20H,2-5,7,12-13,16-18H2,1H3,(H,31,32)/b19-14-,22-6+,23-15+. The molecule has 1 fully saturated rings. The first-order valence-corrected chi connectivity index (χ1v) is 11.6. The highest BCUT2D eigenvalue weighted by Gasteiger charge is 2.31. The SMILES string of the molecule is C/C1=C/C(N2CCC(CCCC(=O)O)C2)=C\C(COCc2ccc(OC(F)(F)F)cc2)=C/CC1. The zero-order valence-electron chi connectivity index (χ0n) is 19.4. The number of rotatable bonds is 10. The Balaban J connectivity index is 1.55. The summed E-state index contributed by atoms with van der Waals surface area (Å²) in [5, 5.41) is 8.86. The molecule has 0 saturated carbocycles. The number of benzene rings is 1. The predicted molar refractivity (Wildman–Crippen MR) is 123 cm³/mol. The zero-order chi connectivity index (χ0) is 24.6.